The summed E-state index contributed by atoms with van der Waals surface area (Å²) >= 11 is 0. The maximum absolute atomic E-state index is 5.94. The Morgan fingerprint density at radius 3 is 3.00 bits per heavy atom. The smallest absolute Gasteiger partial charge is 0.191 e. The van der Waals surface area contributed by atoms with Crippen molar-refractivity contribution < 1.29 is 4.74 Å². The van der Waals surface area contributed by atoms with Crippen molar-refractivity contribution in [3.63, 3.8) is 0 Å². The summed E-state index contributed by atoms with van der Waals surface area (Å²) in [4.78, 5) is 8.95. The highest BCUT2D eigenvalue weighted by Crippen LogP contribution is 2.34. The number of para-hydroxylation sites is 1. The van der Waals surface area contributed by atoms with Crippen molar-refractivity contribution in [3.05, 3.63) is 48.5 Å². The molecule has 2 aromatic rings. The minimum Gasteiger partial charge on any atom is -0.373 e. The maximum atomic E-state index is 5.94. The van der Waals surface area contributed by atoms with Gasteiger partial charge in [0.2, 0.25) is 0 Å². The van der Waals surface area contributed by atoms with E-state index >= 15 is 0 Å². The van der Waals surface area contributed by atoms with E-state index in [9.17, 15) is 0 Å². The lowest BCUT2D eigenvalue weighted by atomic mass is 9.96. The number of rotatable bonds is 5. The Balaban J connectivity index is 1.48. The molecule has 3 heterocycles. The van der Waals surface area contributed by atoms with Gasteiger partial charge in [0.25, 0.3) is 0 Å². The molecule has 6 heteroatoms. The molecule has 2 bridgehead atoms. The molecule has 25 heavy (non-hydrogen) atoms. The largest absolute Gasteiger partial charge is 0.373 e. The fraction of sp³-hybridized carbons (Fsp3) is 0.474. The van der Waals surface area contributed by atoms with Crippen LogP contribution in [0.5, 0.6) is 0 Å². The van der Waals surface area contributed by atoms with E-state index in [1.54, 1.807) is 6.20 Å². The Bertz CT molecular complexity index is 727. The number of benzene rings is 1. The van der Waals surface area contributed by atoms with Crippen LogP contribution in [0.2, 0.25) is 0 Å². The molecule has 3 unspecified atom stereocenters. The summed E-state index contributed by atoms with van der Waals surface area (Å²) in [5.74, 6) is 0.865. The lowest BCUT2D eigenvalue weighted by Gasteiger charge is -2.22. The van der Waals surface area contributed by atoms with E-state index in [4.69, 9.17) is 9.73 Å². The summed E-state index contributed by atoms with van der Waals surface area (Å²) < 4.78 is 7.96. The lowest BCUT2D eigenvalue weighted by molar-refractivity contribution is 0.0992. The van der Waals surface area contributed by atoms with Gasteiger partial charge in [-0.2, -0.15) is 0 Å². The molecule has 0 spiro atoms. The molecule has 2 aliphatic heterocycles. The van der Waals surface area contributed by atoms with Crippen LogP contribution in [-0.2, 0) is 11.3 Å². The van der Waals surface area contributed by atoms with Crippen LogP contribution in [-0.4, -0.2) is 40.3 Å². The fourth-order valence-electron chi connectivity index (χ4n) is 3.75. The zero-order valence-electron chi connectivity index (χ0n) is 14.6. The molecule has 0 amide bonds. The standard InChI is InChI=1S/C19H25N5O/c1-2-21-19(23-16-11-15-7-8-18(16)25-15)22-12-14-5-3-4-6-17(14)24-10-9-20-13-24/h3-6,9-10,13,15-16,18H,2,7-8,11-12H2,1H3,(H2,21,22,23). The second kappa shape index (κ2) is 7.27. The van der Waals surface area contributed by atoms with Gasteiger partial charge in [0.05, 0.1) is 36.8 Å². The van der Waals surface area contributed by atoms with Gasteiger partial charge in [-0.3, -0.25) is 0 Å². The monoisotopic (exact) mass is 339 g/mol. The number of hydrogen-bond donors (Lipinski definition) is 2. The van der Waals surface area contributed by atoms with Crippen molar-refractivity contribution in [2.45, 2.75) is 51.0 Å². The summed E-state index contributed by atoms with van der Waals surface area (Å²) in [5, 5.41) is 6.93. The topological polar surface area (TPSA) is 63.5 Å². The number of nitrogens with one attached hydrogen (secondary N) is 2. The maximum Gasteiger partial charge on any atom is 0.191 e. The third kappa shape index (κ3) is 3.54. The third-order valence-electron chi connectivity index (χ3n) is 4.95. The van der Waals surface area contributed by atoms with Crippen LogP contribution in [0.3, 0.4) is 0 Å². The predicted octanol–water partition coefficient (Wildman–Crippen LogP) is 2.25. The van der Waals surface area contributed by atoms with Gasteiger partial charge in [0, 0.05) is 18.9 Å². The first kappa shape index (κ1) is 16.1. The molecule has 2 N–H and O–H groups in total. The summed E-state index contributed by atoms with van der Waals surface area (Å²) in [7, 11) is 0. The van der Waals surface area contributed by atoms with Gasteiger partial charge in [0.15, 0.2) is 5.96 Å². The average molecular weight is 339 g/mol. The second-order valence-corrected chi connectivity index (χ2v) is 6.65. The SMILES string of the molecule is CCNC(=NCc1ccccc1-n1ccnc1)NC1CC2CCC1O2. The minimum atomic E-state index is 0.340. The normalized spacial score (nSPS) is 25.3. The molecule has 3 atom stereocenters. The zero-order chi connectivity index (χ0) is 17.1. The lowest BCUT2D eigenvalue weighted by Crippen LogP contribution is -2.47. The van der Waals surface area contributed by atoms with Crippen LogP contribution in [0.25, 0.3) is 5.69 Å². The van der Waals surface area contributed by atoms with Crippen molar-refractivity contribution in [2.75, 3.05) is 6.54 Å². The van der Waals surface area contributed by atoms with Crippen LogP contribution < -0.4 is 10.6 Å². The number of aromatic nitrogens is 2. The second-order valence-electron chi connectivity index (χ2n) is 6.65. The van der Waals surface area contributed by atoms with Gasteiger partial charge in [-0.05, 0) is 37.8 Å². The Morgan fingerprint density at radius 1 is 1.36 bits per heavy atom. The average Bonchev–Trinajstić information content (AvgIpc) is 3.38. The van der Waals surface area contributed by atoms with Crippen LogP contribution in [0, 0.1) is 0 Å². The van der Waals surface area contributed by atoms with Crippen molar-refractivity contribution >= 4 is 5.96 Å². The van der Waals surface area contributed by atoms with Crippen molar-refractivity contribution in [1.82, 2.24) is 20.2 Å². The molecule has 0 aliphatic carbocycles. The first-order valence-corrected chi connectivity index (χ1v) is 9.10. The van der Waals surface area contributed by atoms with Gasteiger partial charge in [-0.15, -0.1) is 0 Å². The van der Waals surface area contributed by atoms with Crippen LogP contribution in [0.1, 0.15) is 31.7 Å². The molecule has 4 rings (SSSR count). The van der Waals surface area contributed by atoms with Crippen molar-refractivity contribution in [2.24, 2.45) is 4.99 Å². The number of ether oxygens (including phenoxy) is 1. The quantitative estimate of drug-likeness (QED) is 0.648. The Labute approximate surface area is 148 Å². The van der Waals surface area contributed by atoms with E-state index in [2.05, 4.69) is 40.7 Å². The number of nitrogens with zero attached hydrogens (tertiary/aromatic N) is 3. The van der Waals surface area contributed by atoms with Gasteiger partial charge in [-0.25, -0.2) is 9.98 Å². The highest BCUT2D eigenvalue weighted by Gasteiger charge is 2.41. The molecule has 0 saturated carbocycles. The van der Waals surface area contributed by atoms with E-state index in [0.29, 0.717) is 24.8 Å². The molecule has 2 aliphatic rings. The summed E-state index contributed by atoms with van der Waals surface area (Å²) in [6, 6.07) is 8.67. The Hall–Kier alpha value is -2.34. The number of hydrogen-bond acceptors (Lipinski definition) is 3. The Kier molecular flexibility index (Phi) is 4.70. The minimum absolute atomic E-state index is 0.340. The van der Waals surface area contributed by atoms with Crippen molar-refractivity contribution in [3.8, 4) is 5.69 Å². The van der Waals surface area contributed by atoms with Crippen molar-refractivity contribution in [1.29, 1.82) is 0 Å². The van der Waals surface area contributed by atoms with Gasteiger partial charge < -0.3 is 19.9 Å². The first-order valence-electron chi connectivity index (χ1n) is 9.10. The van der Waals surface area contributed by atoms with Crippen LogP contribution in [0.15, 0.2) is 48.0 Å². The van der Waals surface area contributed by atoms with E-state index in [1.165, 1.54) is 12.0 Å². The Morgan fingerprint density at radius 2 is 2.28 bits per heavy atom. The molecule has 132 valence electrons. The summed E-state index contributed by atoms with van der Waals surface area (Å²) in [6.07, 6.45) is 9.79. The highest BCUT2D eigenvalue weighted by atomic mass is 16.5. The number of aliphatic imine (C=N–C) groups is 1. The summed E-state index contributed by atoms with van der Waals surface area (Å²) in [6.45, 7) is 3.55. The highest BCUT2D eigenvalue weighted by molar-refractivity contribution is 5.80. The molecular formula is C19H25N5O. The van der Waals surface area contributed by atoms with E-state index in [0.717, 1.165) is 31.0 Å². The van der Waals surface area contributed by atoms with Gasteiger partial charge in [0.1, 0.15) is 0 Å². The molecule has 2 saturated heterocycles. The van der Waals surface area contributed by atoms with Crippen LogP contribution >= 0.6 is 0 Å². The molecule has 2 fully saturated rings. The van der Waals surface area contributed by atoms with E-state index in [-0.39, 0.29) is 0 Å². The molecular weight excluding hydrogens is 314 g/mol. The molecule has 1 aromatic carbocycles. The predicted molar refractivity (Wildman–Crippen MR) is 97.8 cm³/mol. The van der Waals surface area contributed by atoms with Crippen LogP contribution in [0.4, 0.5) is 0 Å². The molecule has 6 nitrogen and oxygen atoms in total. The molecule has 0 radical (unpaired) electrons. The third-order valence-corrected chi connectivity index (χ3v) is 4.95. The zero-order valence-corrected chi connectivity index (χ0v) is 14.6. The number of fused-ring (bicyclic) bond motifs is 2. The van der Waals surface area contributed by atoms with E-state index in [1.807, 2.05) is 23.2 Å². The van der Waals surface area contributed by atoms with Gasteiger partial charge in [-0.1, -0.05) is 18.2 Å². The fourth-order valence-corrected chi connectivity index (χ4v) is 3.75. The number of imidazole rings is 1. The first-order chi connectivity index (χ1) is 12.3. The van der Waals surface area contributed by atoms with Gasteiger partial charge >= 0.3 is 0 Å². The number of guanidine groups is 1. The molecule has 1 aromatic heterocycles. The van der Waals surface area contributed by atoms with E-state index < -0.39 is 0 Å². The summed E-state index contributed by atoms with van der Waals surface area (Å²) in [5.41, 5.74) is 2.28.